The van der Waals surface area contributed by atoms with Crippen molar-refractivity contribution in [1.29, 1.82) is 0 Å². The maximum absolute atomic E-state index is 11.2. The van der Waals surface area contributed by atoms with Crippen molar-refractivity contribution < 1.29 is 19.1 Å². The van der Waals surface area contributed by atoms with E-state index in [1.165, 1.54) is 6.92 Å². The van der Waals surface area contributed by atoms with Crippen LogP contribution in [-0.4, -0.2) is 37.2 Å². The Bertz CT molecular complexity index is 235. The summed E-state index contributed by atoms with van der Waals surface area (Å²) in [6.45, 7) is 4.29. The largest absolute Gasteiger partial charge is 0.466 e. The highest BCUT2D eigenvalue weighted by atomic mass is 16.5. The Morgan fingerprint density at radius 3 is 2.50 bits per heavy atom. The first-order valence-electron chi connectivity index (χ1n) is 4.60. The molecule has 0 radical (unpaired) electrons. The number of esters is 1. The van der Waals surface area contributed by atoms with Crippen molar-refractivity contribution in [3.63, 3.8) is 0 Å². The lowest BCUT2D eigenvalue weighted by Crippen LogP contribution is -2.62. The molecule has 0 aromatic rings. The minimum absolute atomic E-state index is 0.155. The van der Waals surface area contributed by atoms with E-state index in [1.54, 1.807) is 6.92 Å². The van der Waals surface area contributed by atoms with Gasteiger partial charge in [0.1, 0.15) is 0 Å². The molecule has 0 aromatic carbocycles. The summed E-state index contributed by atoms with van der Waals surface area (Å²) in [6.07, 6.45) is 0.181. The van der Waals surface area contributed by atoms with Crippen LogP contribution in [0.1, 0.15) is 20.3 Å². The molecule has 0 spiro atoms. The molecule has 5 nitrogen and oxygen atoms in total. The molecular weight excluding hydrogens is 186 g/mol. The van der Waals surface area contributed by atoms with Crippen molar-refractivity contribution in [2.45, 2.75) is 25.8 Å². The average Bonchev–Trinajstić information content (AvgIpc) is 1.99. The average molecular weight is 201 g/mol. The van der Waals surface area contributed by atoms with Crippen molar-refractivity contribution in [3.8, 4) is 0 Å². The topological polar surface area (TPSA) is 64.6 Å². The first-order chi connectivity index (χ1) is 6.58. The second kappa shape index (κ2) is 4.41. The highest BCUT2D eigenvalue weighted by Crippen LogP contribution is 2.21. The van der Waals surface area contributed by atoms with Crippen LogP contribution in [0.3, 0.4) is 0 Å². The van der Waals surface area contributed by atoms with Crippen LogP contribution in [0.25, 0.3) is 0 Å². The Labute approximate surface area is 82.8 Å². The van der Waals surface area contributed by atoms with Crippen LogP contribution >= 0.6 is 0 Å². The van der Waals surface area contributed by atoms with E-state index in [0.717, 1.165) is 0 Å². The summed E-state index contributed by atoms with van der Waals surface area (Å²) in [5.41, 5.74) is -0.530. The lowest BCUT2D eigenvalue weighted by atomic mass is 9.93. The van der Waals surface area contributed by atoms with Gasteiger partial charge in [-0.2, -0.15) is 0 Å². The number of nitrogens with one attached hydrogen (secondary N) is 1. The van der Waals surface area contributed by atoms with E-state index in [9.17, 15) is 9.59 Å². The number of amides is 1. The summed E-state index contributed by atoms with van der Waals surface area (Å²) in [5.74, 6) is -0.456. The molecule has 14 heavy (non-hydrogen) atoms. The molecule has 80 valence electrons. The van der Waals surface area contributed by atoms with Gasteiger partial charge in [0.25, 0.3) is 0 Å². The summed E-state index contributed by atoms with van der Waals surface area (Å²) in [7, 11) is 0. The highest BCUT2D eigenvalue weighted by molar-refractivity contribution is 5.77. The summed E-state index contributed by atoms with van der Waals surface area (Å²) in [5, 5.41) is 2.72. The molecule has 1 N–H and O–H groups in total. The smallest absolute Gasteiger partial charge is 0.308 e. The summed E-state index contributed by atoms with van der Waals surface area (Å²) in [4.78, 5) is 22.1. The first-order valence-corrected chi connectivity index (χ1v) is 4.60. The Hall–Kier alpha value is -1.10. The van der Waals surface area contributed by atoms with Crippen LogP contribution in [0.2, 0.25) is 0 Å². The fraction of sp³-hybridized carbons (Fsp3) is 0.778. The van der Waals surface area contributed by atoms with Gasteiger partial charge < -0.3 is 14.8 Å². The molecule has 0 aliphatic carbocycles. The third-order valence-corrected chi connectivity index (χ3v) is 1.99. The van der Waals surface area contributed by atoms with Crippen molar-refractivity contribution in [1.82, 2.24) is 5.32 Å². The van der Waals surface area contributed by atoms with Gasteiger partial charge in [0.2, 0.25) is 5.91 Å². The molecule has 5 heteroatoms. The van der Waals surface area contributed by atoms with E-state index in [-0.39, 0.29) is 18.3 Å². The highest BCUT2D eigenvalue weighted by Gasteiger charge is 2.41. The third kappa shape index (κ3) is 2.70. The lowest BCUT2D eigenvalue weighted by molar-refractivity contribution is -0.154. The standard InChI is InChI=1S/C9H15NO4/c1-3-14-8(12)4-9(5-13-6-9)10-7(2)11/h3-6H2,1-2H3,(H,10,11). The molecule has 0 saturated carbocycles. The maximum atomic E-state index is 11.2. The number of rotatable bonds is 4. The van der Waals surface area contributed by atoms with Crippen molar-refractivity contribution in [2.24, 2.45) is 0 Å². The Balaban J connectivity index is 2.45. The number of hydrogen-bond acceptors (Lipinski definition) is 4. The molecule has 1 heterocycles. The van der Waals surface area contributed by atoms with Crippen LogP contribution in [0.5, 0.6) is 0 Å². The molecule has 1 rings (SSSR count). The minimum Gasteiger partial charge on any atom is -0.466 e. The van der Waals surface area contributed by atoms with Crippen LogP contribution in [0.4, 0.5) is 0 Å². The molecule has 1 amide bonds. The summed E-state index contributed by atoms with van der Waals surface area (Å²) in [6, 6.07) is 0. The zero-order valence-electron chi connectivity index (χ0n) is 8.46. The molecule has 0 atom stereocenters. The number of carbonyl (C=O) groups is 2. The van der Waals surface area contributed by atoms with E-state index < -0.39 is 5.54 Å². The maximum Gasteiger partial charge on any atom is 0.308 e. The van der Waals surface area contributed by atoms with Gasteiger partial charge in [-0.3, -0.25) is 9.59 Å². The number of ether oxygens (including phenoxy) is 2. The number of carbonyl (C=O) groups excluding carboxylic acids is 2. The van der Waals surface area contributed by atoms with Gasteiger partial charge in [-0.15, -0.1) is 0 Å². The van der Waals surface area contributed by atoms with Crippen molar-refractivity contribution in [3.05, 3.63) is 0 Å². The van der Waals surface area contributed by atoms with Gasteiger partial charge in [0.15, 0.2) is 0 Å². The molecule has 0 bridgehead atoms. The molecular formula is C9H15NO4. The SMILES string of the molecule is CCOC(=O)CC1(NC(C)=O)COC1. The predicted molar refractivity (Wildman–Crippen MR) is 48.6 cm³/mol. The van der Waals surface area contributed by atoms with Gasteiger partial charge >= 0.3 is 5.97 Å². The molecule has 1 saturated heterocycles. The van der Waals surface area contributed by atoms with Gasteiger partial charge in [-0.1, -0.05) is 0 Å². The van der Waals surface area contributed by atoms with Crippen LogP contribution in [0.15, 0.2) is 0 Å². The third-order valence-electron chi connectivity index (χ3n) is 1.99. The zero-order valence-corrected chi connectivity index (χ0v) is 8.46. The Morgan fingerprint density at radius 2 is 2.14 bits per heavy atom. The van der Waals surface area contributed by atoms with Crippen molar-refractivity contribution in [2.75, 3.05) is 19.8 Å². The fourth-order valence-corrected chi connectivity index (χ4v) is 1.43. The van der Waals surface area contributed by atoms with E-state index in [1.807, 2.05) is 0 Å². The van der Waals surface area contributed by atoms with E-state index in [4.69, 9.17) is 9.47 Å². The van der Waals surface area contributed by atoms with E-state index >= 15 is 0 Å². The van der Waals surface area contributed by atoms with Gasteiger partial charge in [0.05, 0.1) is 31.8 Å². The molecule has 1 aliphatic rings. The van der Waals surface area contributed by atoms with Crippen LogP contribution in [0, 0.1) is 0 Å². The fourth-order valence-electron chi connectivity index (χ4n) is 1.43. The lowest BCUT2D eigenvalue weighted by Gasteiger charge is -2.40. The van der Waals surface area contributed by atoms with Gasteiger partial charge in [-0.05, 0) is 6.92 Å². The predicted octanol–water partition coefficient (Wildman–Crippen LogP) is -0.155. The molecule has 1 aliphatic heterocycles. The van der Waals surface area contributed by atoms with Gasteiger partial charge in [0, 0.05) is 6.92 Å². The van der Waals surface area contributed by atoms with Gasteiger partial charge in [-0.25, -0.2) is 0 Å². The second-order valence-corrected chi connectivity index (χ2v) is 3.44. The summed E-state index contributed by atoms with van der Waals surface area (Å²) >= 11 is 0. The first kappa shape index (κ1) is 11.0. The molecule has 1 fully saturated rings. The quantitative estimate of drug-likeness (QED) is 0.642. The van der Waals surface area contributed by atoms with E-state index in [0.29, 0.717) is 19.8 Å². The molecule has 0 unspecified atom stereocenters. The van der Waals surface area contributed by atoms with E-state index in [2.05, 4.69) is 5.32 Å². The monoisotopic (exact) mass is 201 g/mol. The second-order valence-electron chi connectivity index (χ2n) is 3.44. The normalized spacial score (nSPS) is 18.1. The Morgan fingerprint density at radius 1 is 1.50 bits per heavy atom. The zero-order chi connectivity index (χ0) is 10.6. The van der Waals surface area contributed by atoms with Crippen molar-refractivity contribution >= 4 is 11.9 Å². The Kier molecular flexibility index (Phi) is 3.46. The number of hydrogen-bond donors (Lipinski definition) is 1. The van der Waals surface area contributed by atoms with Crippen LogP contribution in [-0.2, 0) is 19.1 Å². The van der Waals surface area contributed by atoms with Crippen LogP contribution < -0.4 is 5.32 Å². The summed E-state index contributed by atoms with van der Waals surface area (Å²) < 4.78 is 9.80. The molecule has 0 aromatic heterocycles. The minimum atomic E-state index is -0.530.